The van der Waals surface area contributed by atoms with Gasteiger partial charge in [0.05, 0.1) is 12.6 Å². The van der Waals surface area contributed by atoms with Crippen LogP contribution in [0.2, 0.25) is 0 Å². The summed E-state index contributed by atoms with van der Waals surface area (Å²) in [5.74, 6) is 2.89. The molecule has 0 N–H and O–H groups in total. The number of imidazole rings is 1. The number of rotatable bonds is 6. The number of likely N-dealkylation sites (tertiary alicyclic amines) is 1. The first-order valence-electron chi connectivity index (χ1n) is 9.32. The van der Waals surface area contributed by atoms with E-state index in [0.717, 1.165) is 50.0 Å². The van der Waals surface area contributed by atoms with E-state index < -0.39 is 0 Å². The Hall–Kier alpha value is -2.47. The molecule has 1 atom stereocenters. The molecule has 3 aromatic rings. The van der Waals surface area contributed by atoms with Crippen LogP contribution in [0, 0.1) is 0 Å². The van der Waals surface area contributed by atoms with Crippen molar-refractivity contribution in [3.05, 3.63) is 65.8 Å². The van der Waals surface area contributed by atoms with Crippen LogP contribution in [-0.4, -0.2) is 31.1 Å². The molecule has 1 aliphatic rings. The van der Waals surface area contributed by atoms with Crippen molar-refractivity contribution in [2.75, 3.05) is 6.54 Å². The normalized spacial score (nSPS) is 18.0. The minimum Gasteiger partial charge on any atom is -0.338 e. The first kappa shape index (κ1) is 17.0. The zero-order valence-corrected chi connectivity index (χ0v) is 15.4. The molecule has 26 heavy (non-hydrogen) atoms. The Labute approximate surface area is 153 Å². The van der Waals surface area contributed by atoms with E-state index in [0.29, 0.717) is 0 Å². The van der Waals surface area contributed by atoms with Crippen LogP contribution < -0.4 is 0 Å². The molecule has 0 unspecified atom stereocenters. The highest BCUT2D eigenvalue weighted by Gasteiger charge is 2.31. The monoisotopic (exact) mass is 351 g/mol. The van der Waals surface area contributed by atoms with Crippen molar-refractivity contribution in [1.82, 2.24) is 24.6 Å². The van der Waals surface area contributed by atoms with Gasteiger partial charge in [-0.1, -0.05) is 49.3 Å². The van der Waals surface area contributed by atoms with E-state index in [9.17, 15) is 0 Å². The second-order valence-corrected chi connectivity index (χ2v) is 7.23. The van der Waals surface area contributed by atoms with Gasteiger partial charge in [-0.05, 0) is 24.9 Å². The van der Waals surface area contributed by atoms with Crippen LogP contribution in [0.25, 0.3) is 0 Å². The van der Waals surface area contributed by atoms with E-state index in [1.54, 1.807) is 0 Å². The van der Waals surface area contributed by atoms with Gasteiger partial charge in [-0.2, -0.15) is 4.98 Å². The van der Waals surface area contributed by atoms with E-state index in [1.165, 1.54) is 5.56 Å². The molecule has 3 heterocycles. The molecular weight excluding hydrogens is 326 g/mol. The molecule has 0 radical (unpaired) electrons. The summed E-state index contributed by atoms with van der Waals surface area (Å²) >= 11 is 0. The highest BCUT2D eigenvalue weighted by molar-refractivity contribution is 5.16. The van der Waals surface area contributed by atoms with Gasteiger partial charge in [0.2, 0.25) is 5.89 Å². The molecule has 1 fully saturated rings. The van der Waals surface area contributed by atoms with Gasteiger partial charge in [0.15, 0.2) is 5.82 Å². The molecule has 1 aromatic carbocycles. The summed E-state index contributed by atoms with van der Waals surface area (Å²) in [6.45, 7) is 6.84. The number of nitrogens with zero attached hydrogens (tertiary/aromatic N) is 5. The number of hydrogen-bond donors (Lipinski definition) is 0. The quantitative estimate of drug-likeness (QED) is 0.676. The first-order valence-corrected chi connectivity index (χ1v) is 9.32. The van der Waals surface area contributed by atoms with Crippen LogP contribution in [0.4, 0.5) is 0 Å². The largest absolute Gasteiger partial charge is 0.338 e. The Balaban J connectivity index is 1.49. The van der Waals surface area contributed by atoms with Crippen molar-refractivity contribution in [1.29, 1.82) is 0 Å². The van der Waals surface area contributed by atoms with E-state index in [-0.39, 0.29) is 12.0 Å². The fraction of sp³-hybridized carbons (Fsp3) is 0.450. The molecule has 1 saturated heterocycles. The second-order valence-electron chi connectivity index (χ2n) is 7.23. The fourth-order valence-electron chi connectivity index (χ4n) is 3.51. The predicted molar refractivity (Wildman–Crippen MR) is 98.5 cm³/mol. The van der Waals surface area contributed by atoms with E-state index in [1.807, 2.05) is 12.3 Å². The van der Waals surface area contributed by atoms with Gasteiger partial charge in [0.1, 0.15) is 5.82 Å². The van der Waals surface area contributed by atoms with Gasteiger partial charge >= 0.3 is 0 Å². The lowest BCUT2D eigenvalue weighted by molar-refractivity contribution is 0.195. The Bertz CT molecular complexity index is 839. The first-order chi connectivity index (χ1) is 12.7. The Kier molecular flexibility index (Phi) is 4.84. The molecule has 6 heteroatoms. The average Bonchev–Trinajstić information content (AvgIpc) is 3.37. The standard InChI is InChI=1S/C20H25N5O/c1-15(2)19-22-20(26-23-19)17-9-6-11-24(17)14-18-21-10-12-25(18)13-16-7-4-3-5-8-16/h3-5,7-8,10,12,15,17H,6,9,11,13-14H2,1-2H3/t17-/m1/s1. The SMILES string of the molecule is CC(C)c1noc([C@H]2CCCN2Cc2nccn2Cc2ccccc2)n1. The molecule has 0 bridgehead atoms. The summed E-state index contributed by atoms with van der Waals surface area (Å²) < 4.78 is 7.78. The Morgan fingerprint density at radius 3 is 2.81 bits per heavy atom. The van der Waals surface area contributed by atoms with Crippen LogP contribution in [0.3, 0.4) is 0 Å². The van der Waals surface area contributed by atoms with Crippen LogP contribution in [0.15, 0.2) is 47.2 Å². The van der Waals surface area contributed by atoms with Gasteiger partial charge in [0.25, 0.3) is 0 Å². The minimum absolute atomic E-state index is 0.192. The zero-order chi connectivity index (χ0) is 17.9. The van der Waals surface area contributed by atoms with E-state index in [4.69, 9.17) is 4.52 Å². The molecule has 136 valence electrons. The maximum Gasteiger partial charge on any atom is 0.244 e. The van der Waals surface area contributed by atoms with Gasteiger partial charge in [0, 0.05) is 24.9 Å². The third-order valence-corrected chi connectivity index (χ3v) is 4.96. The van der Waals surface area contributed by atoms with Crippen molar-refractivity contribution >= 4 is 0 Å². The molecule has 0 aliphatic carbocycles. The summed E-state index contributed by atoms with van der Waals surface area (Å²) in [7, 11) is 0. The zero-order valence-electron chi connectivity index (χ0n) is 15.4. The van der Waals surface area contributed by atoms with Crippen LogP contribution in [0.5, 0.6) is 0 Å². The lowest BCUT2D eigenvalue weighted by Gasteiger charge is -2.21. The van der Waals surface area contributed by atoms with E-state index in [2.05, 4.69) is 68.9 Å². The topological polar surface area (TPSA) is 60.0 Å². The van der Waals surface area contributed by atoms with Crippen molar-refractivity contribution in [3.63, 3.8) is 0 Å². The molecular formula is C20H25N5O. The molecule has 1 aliphatic heterocycles. The van der Waals surface area contributed by atoms with Gasteiger partial charge < -0.3 is 9.09 Å². The lowest BCUT2D eigenvalue weighted by atomic mass is 10.2. The highest BCUT2D eigenvalue weighted by Crippen LogP contribution is 2.32. The van der Waals surface area contributed by atoms with Gasteiger partial charge in [-0.3, -0.25) is 4.90 Å². The number of benzene rings is 1. The predicted octanol–water partition coefficient (Wildman–Crippen LogP) is 3.77. The molecule has 0 spiro atoms. The number of aromatic nitrogens is 4. The van der Waals surface area contributed by atoms with Crippen LogP contribution >= 0.6 is 0 Å². The second kappa shape index (κ2) is 7.41. The minimum atomic E-state index is 0.192. The third-order valence-electron chi connectivity index (χ3n) is 4.96. The lowest BCUT2D eigenvalue weighted by Crippen LogP contribution is -2.25. The van der Waals surface area contributed by atoms with Crippen LogP contribution in [-0.2, 0) is 13.1 Å². The maximum atomic E-state index is 5.56. The summed E-state index contributed by atoms with van der Waals surface area (Å²) in [6, 6.07) is 10.7. The Morgan fingerprint density at radius 1 is 1.19 bits per heavy atom. The van der Waals surface area contributed by atoms with Crippen molar-refractivity contribution in [2.45, 2.75) is 51.7 Å². The molecule has 4 rings (SSSR count). The summed E-state index contributed by atoms with van der Waals surface area (Å²) in [4.78, 5) is 11.6. The Morgan fingerprint density at radius 2 is 2.04 bits per heavy atom. The summed E-state index contributed by atoms with van der Waals surface area (Å²) in [5, 5.41) is 4.13. The molecule has 2 aromatic heterocycles. The number of hydrogen-bond acceptors (Lipinski definition) is 5. The van der Waals surface area contributed by atoms with Crippen molar-refractivity contribution < 1.29 is 4.52 Å². The smallest absolute Gasteiger partial charge is 0.244 e. The molecule has 0 saturated carbocycles. The summed E-state index contributed by atoms with van der Waals surface area (Å²) in [5.41, 5.74) is 1.28. The fourth-order valence-corrected chi connectivity index (χ4v) is 3.51. The van der Waals surface area contributed by atoms with Crippen molar-refractivity contribution in [3.8, 4) is 0 Å². The average molecular weight is 351 g/mol. The van der Waals surface area contributed by atoms with Gasteiger partial charge in [-0.15, -0.1) is 0 Å². The van der Waals surface area contributed by atoms with E-state index >= 15 is 0 Å². The molecule has 6 nitrogen and oxygen atoms in total. The highest BCUT2D eigenvalue weighted by atomic mass is 16.5. The molecule has 0 amide bonds. The third kappa shape index (κ3) is 3.55. The maximum absolute atomic E-state index is 5.56. The van der Waals surface area contributed by atoms with Crippen LogP contribution in [0.1, 0.15) is 61.8 Å². The summed E-state index contributed by atoms with van der Waals surface area (Å²) in [6.07, 6.45) is 6.13. The van der Waals surface area contributed by atoms with Crippen molar-refractivity contribution in [2.24, 2.45) is 0 Å². The van der Waals surface area contributed by atoms with Gasteiger partial charge in [-0.25, -0.2) is 4.98 Å².